The van der Waals surface area contributed by atoms with E-state index in [1.54, 1.807) is 32.2 Å². The summed E-state index contributed by atoms with van der Waals surface area (Å²) in [6, 6.07) is 18.0. The van der Waals surface area contributed by atoms with Crippen LogP contribution in [0.5, 0.6) is 0 Å². The van der Waals surface area contributed by atoms with E-state index in [2.05, 4.69) is 22.5 Å². The lowest BCUT2D eigenvalue weighted by Gasteiger charge is -2.24. The highest BCUT2D eigenvalue weighted by atomic mass is 19.1. The van der Waals surface area contributed by atoms with Gasteiger partial charge in [-0.25, -0.2) is 9.37 Å². The highest BCUT2D eigenvalue weighted by molar-refractivity contribution is 5.80. The Bertz CT molecular complexity index is 1120. The molecular weight excluding hydrogens is 431 g/mol. The number of nitrogens with two attached hydrogens (primary N) is 1. The molecule has 2 atom stereocenters. The third-order valence-electron chi connectivity index (χ3n) is 6.22. The van der Waals surface area contributed by atoms with Gasteiger partial charge in [0.05, 0.1) is 11.1 Å². The van der Waals surface area contributed by atoms with E-state index in [1.165, 1.54) is 6.07 Å². The summed E-state index contributed by atoms with van der Waals surface area (Å²) in [5.41, 5.74) is 8.41. The summed E-state index contributed by atoms with van der Waals surface area (Å²) < 4.78 is 13.9. The maximum atomic E-state index is 13.9. The van der Waals surface area contributed by atoms with Crippen molar-refractivity contribution in [3.63, 3.8) is 0 Å². The molecule has 0 aliphatic carbocycles. The molecule has 3 aromatic rings. The normalized spacial score (nSPS) is 13.3. The first-order chi connectivity index (χ1) is 16.2. The van der Waals surface area contributed by atoms with E-state index in [0.29, 0.717) is 25.3 Å². The number of hydrogen-bond acceptors (Lipinski definition) is 5. The smallest absolute Gasteiger partial charge is 0.313 e. The van der Waals surface area contributed by atoms with Gasteiger partial charge in [0.25, 0.3) is 0 Å². The van der Waals surface area contributed by atoms with Gasteiger partial charge in [-0.2, -0.15) is 0 Å². The zero-order valence-corrected chi connectivity index (χ0v) is 19.9. The molecule has 0 radical (unpaired) electrons. The summed E-state index contributed by atoms with van der Waals surface area (Å²) in [6.45, 7) is 6.78. The standard InChI is InChI=1S/C27H33FN4O2/c1-18(19-7-4-9-21(15-19)27(2,3)26(33)34)17-32-23(20-8-5-10-22(28)16-20)12-14-30-24-11-6-13-31-25(24)29/h4-11,13,15-16,18,23,30,32H,12,14,17H2,1-3H3,(H2,29,31)(H,33,34)/t18-,23+/m1/s1. The van der Waals surface area contributed by atoms with Gasteiger partial charge in [0.2, 0.25) is 0 Å². The maximum Gasteiger partial charge on any atom is 0.313 e. The van der Waals surface area contributed by atoms with Gasteiger partial charge in [-0.1, -0.05) is 43.3 Å². The Morgan fingerprint density at radius 2 is 1.85 bits per heavy atom. The molecule has 0 unspecified atom stereocenters. The van der Waals surface area contributed by atoms with Gasteiger partial charge in [-0.05, 0) is 67.1 Å². The van der Waals surface area contributed by atoms with Crippen LogP contribution in [0.15, 0.2) is 66.9 Å². The molecule has 5 N–H and O–H groups in total. The lowest BCUT2D eigenvalue weighted by atomic mass is 9.83. The molecule has 0 amide bonds. The maximum absolute atomic E-state index is 13.9. The van der Waals surface area contributed by atoms with E-state index in [0.717, 1.165) is 22.4 Å². The number of pyridine rings is 1. The van der Waals surface area contributed by atoms with Crippen molar-refractivity contribution in [3.05, 3.63) is 89.4 Å². The van der Waals surface area contributed by atoms with Gasteiger partial charge in [-0.15, -0.1) is 0 Å². The molecule has 2 aromatic carbocycles. The second kappa shape index (κ2) is 11.1. The molecule has 0 aliphatic rings. The van der Waals surface area contributed by atoms with Gasteiger partial charge >= 0.3 is 5.97 Å². The molecule has 0 saturated heterocycles. The number of aromatic nitrogens is 1. The molecular formula is C27H33FN4O2. The van der Waals surface area contributed by atoms with E-state index in [4.69, 9.17) is 5.73 Å². The Morgan fingerprint density at radius 3 is 2.56 bits per heavy atom. The number of anilines is 2. The van der Waals surface area contributed by atoms with Gasteiger partial charge in [-0.3, -0.25) is 4.79 Å². The van der Waals surface area contributed by atoms with E-state index in [1.807, 2.05) is 42.5 Å². The van der Waals surface area contributed by atoms with E-state index >= 15 is 0 Å². The van der Waals surface area contributed by atoms with Crippen LogP contribution in [0, 0.1) is 5.82 Å². The molecule has 0 fully saturated rings. The van der Waals surface area contributed by atoms with Gasteiger partial charge in [0, 0.05) is 25.3 Å². The Kier molecular flexibility index (Phi) is 8.23. The minimum absolute atomic E-state index is 0.0813. The molecule has 0 bridgehead atoms. The minimum atomic E-state index is -0.965. The third kappa shape index (κ3) is 6.32. The topological polar surface area (TPSA) is 100 Å². The lowest BCUT2D eigenvalue weighted by Crippen LogP contribution is -2.29. The average Bonchev–Trinajstić information content (AvgIpc) is 2.82. The summed E-state index contributed by atoms with van der Waals surface area (Å²) in [7, 11) is 0. The number of halogens is 1. The van der Waals surface area contributed by atoms with Crippen LogP contribution in [0.1, 0.15) is 55.8 Å². The SMILES string of the molecule is C[C@H](CN[C@@H](CCNc1cccnc1N)c1cccc(F)c1)c1cccc(C(C)(C)C(=O)O)c1. The highest BCUT2D eigenvalue weighted by Crippen LogP contribution is 2.27. The van der Waals surface area contributed by atoms with E-state index < -0.39 is 11.4 Å². The first-order valence-corrected chi connectivity index (χ1v) is 11.5. The molecule has 1 heterocycles. The van der Waals surface area contributed by atoms with Crippen molar-refractivity contribution in [2.45, 2.75) is 44.6 Å². The van der Waals surface area contributed by atoms with Crippen molar-refractivity contribution in [3.8, 4) is 0 Å². The molecule has 0 spiro atoms. The highest BCUT2D eigenvalue weighted by Gasteiger charge is 2.29. The predicted molar refractivity (Wildman–Crippen MR) is 134 cm³/mol. The summed E-state index contributed by atoms with van der Waals surface area (Å²) in [6.07, 6.45) is 2.35. The van der Waals surface area contributed by atoms with Crippen molar-refractivity contribution in [2.24, 2.45) is 0 Å². The van der Waals surface area contributed by atoms with Crippen molar-refractivity contribution in [2.75, 3.05) is 24.1 Å². The number of carboxylic acids is 1. The Labute approximate surface area is 200 Å². The van der Waals surface area contributed by atoms with Gasteiger partial charge in [0.15, 0.2) is 0 Å². The summed E-state index contributed by atoms with van der Waals surface area (Å²) in [4.78, 5) is 15.8. The van der Waals surface area contributed by atoms with E-state index in [-0.39, 0.29) is 17.8 Å². The van der Waals surface area contributed by atoms with Crippen molar-refractivity contribution >= 4 is 17.5 Å². The van der Waals surface area contributed by atoms with Crippen LogP contribution in [-0.4, -0.2) is 29.1 Å². The quantitative estimate of drug-likeness (QED) is 0.315. The van der Waals surface area contributed by atoms with Crippen LogP contribution < -0.4 is 16.4 Å². The van der Waals surface area contributed by atoms with Crippen LogP contribution in [-0.2, 0) is 10.2 Å². The number of carboxylic acid groups (broad SMARTS) is 1. The zero-order chi connectivity index (χ0) is 24.7. The largest absolute Gasteiger partial charge is 0.481 e. The van der Waals surface area contributed by atoms with Gasteiger partial charge in [0.1, 0.15) is 11.6 Å². The number of hydrogen-bond donors (Lipinski definition) is 4. The fraction of sp³-hybridized carbons (Fsp3) is 0.333. The second-order valence-corrected chi connectivity index (χ2v) is 9.12. The van der Waals surface area contributed by atoms with Gasteiger partial charge < -0.3 is 21.5 Å². The number of aliphatic carboxylic acids is 1. The molecule has 1 aromatic heterocycles. The van der Waals surface area contributed by atoms with Crippen LogP contribution in [0.4, 0.5) is 15.9 Å². The predicted octanol–water partition coefficient (Wildman–Crippen LogP) is 5.10. The molecule has 0 aliphatic heterocycles. The van der Waals surface area contributed by atoms with Crippen molar-refractivity contribution in [1.82, 2.24) is 10.3 Å². The summed E-state index contributed by atoms with van der Waals surface area (Å²) in [5.74, 6) is -0.563. The monoisotopic (exact) mass is 464 g/mol. The lowest BCUT2D eigenvalue weighted by molar-refractivity contribution is -0.142. The van der Waals surface area contributed by atoms with E-state index in [9.17, 15) is 14.3 Å². The van der Waals surface area contributed by atoms with Crippen molar-refractivity contribution < 1.29 is 14.3 Å². The number of nitrogens with zero attached hydrogens (tertiary/aromatic N) is 1. The van der Waals surface area contributed by atoms with Crippen LogP contribution in [0.25, 0.3) is 0 Å². The molecule has 6 nitrogen and oxygen atoms in total. The van der Waals surface area contributed by atoms with Crippen LogP contribution in [0.2, 0.25) is 0 Å². The third-order valence-corrected chi connectivity index (χ3v) is 6.22. The van der Waals surface area contributed by atoms with Crippen LogP contribution in [0.3, 0.4) is 0 Å². The molecule has 3 rings (SSSR count). The number of rotatable bonds is 11. The summed E-state index contributed by atoms with van der Waals surface area (Å²) in [5, 5.41) is 16.4. The molecule has 180 valence electrons. The summed E-state index contributed by atoms with van der Waals surface area (Å²) >= 11 is 0. The minimum Gasteiger partial charge on any atom is -0.481 e. The first-order valence-electron chi connectivity index (χ1n) is 11.5. The Morgan fingerprint density at radius 1 is 1.12 bits per heavy atom. The number of carbonyl (C=O) groups is 1. The Balaban J connectivity index is 1.70. The Hall–Kier alpha value is -3.45. The molecule has 34 heavy (non-hydrogen) atoms. The molecule has 7 heteroatoms. The number of nitrogen functional groups attached to an aromatic ring is 1. The second-order valence-electron chi connectivity index (χ2n) is 9.12. The average molecular weight is 465 g/mol. The number of nitrogens with one attached hydrogen (secondary N) is 2. The number of benzene rings is 2. The fourth-order valence-corrected chi connectivity index (χ4v) is 3.82. The van der Waals surface area contributed by atoms with Crippen molar-refractivity contribution in [1.29, 1.82) is 0 Å². The first kappa shape index (κ1) is 25.2. The molecule has 0 saturated carbocycles. The van der Waals surface area contributed by atoms with Crippen LogP contribution >= 0.6 is 0 Å². The zero-order valence-electron chi connectivity index (χ0n) is 19.9. The fourth-order valence-electron chi connectivity index (χ4n) is 3.82.